The minimum absolute atomic E-state index is 0.0436. The van der Waals surface area contributed by atoms with Crippen LogP contribution >= 0.6 is 12.2 Å². The van der Waals surface area contributed by atoms with Gasteiger partial charge in [0, 0.05) is 0 Å². The van der Waals surface area contributed by atoms with Gasteiger partial charge >= 0.3 is 0 Å². The Bertz CT molecular complexity index is 387. The molecule has 1 rings (SSSR count). The maximum atomic E-state index is 13.4. The molecule has 0 fully saturated rings. The standard InChI is InChI=1S/C11H14FNO3S/c12-8-2-1-3-9(10(8)11(13)17)16-7-6-15-5-4-14/h1-3,14H,4-7H2,(H2,13,17). The van der Waals surface area contributed by atoms with Gasteiger partial charge in [-0.25, -0.2) is 4.39 Å². The van der Waals surface area contributed by atoms with Crippen molar-refractivity contribution in [3.05, 3.63) is 29.6 Å². The van der Waals surface area contributed by atoms with E-state index in [0.717, 1.165) is 0 Å². The predicted octanol–water partition coefficient (Wildman–Crippen LogP) is 0.848. The molecule has 0 bridgehead atoms. The second-order valence-electron chi connectivity index (χ2n) is 3.16. The highest BCUT2D eigenvalue weighted by Gasteiger charge is 2.11. The highest BCUT2D eigenvalue weighted by molar-refractivity contribution is 7.80. The largest absolute Gasteiger partial charge is 0.490 e. The molecule has 6 heteroatoms. The number of ether oxygens (including phenoxy) is 2. The van der Waals surface area contributed by atoms with Crippen LogP contribution in [0, 0.1) is 5.82 Å². The summed E-state index contributed by atoms with van der Waals surface area (Å²) in [6.45, 7) is 0.736. The van der Waals surface area contributed by atoms with E-state index in [0.29, 0.717) is 12.4 Å². The van der Waals surface area contributed by atoms with Crippen molar-refractivity contribution in [2.45, 2.75) is 0 Å². The first-order valence-corrected chi connectivity index (χ1v) is 5.47. The van der Waals surface area contributed by atoms with Gasteiger partial charge in [-0.1, -0.05) is 18.3 Å². The number of nitrogens with two attached hydrogens (primary N) is 1. The maximum Gasteiger partial charge on any atom is 0.137 e. The van der Waals surface area contributed by atoms with Crippen LogP contribution in [0.5, 0.6) is 5.75 Å². The van der Waals surface area contributed by atoms with Crippen LogP contribution in [-0.4, -0.2) is 36.5 Å². The van der Waals surface area contributed by atoms with Gasteiger partial charge in [0.2, 0.25) is 0 Å². The van der Waals surface area contributed by atoms with Gasteiger partial charge in [-0.2, -0.15) is 0 Å². The van der Waals surface area contributed by atoms with Crippen LogP contribution in [0.4, 0.5) is 4.39 Å². The molecule has 0 unspecified atom stereocenters. The lowest BCUT2D eigenvalue weighted by Gasteiger charge is -2.11. The summed E-state index contributed by atoms with van der Waals surface area (Å²) in [5.74, 6) is -0.212. The number of benzene rings is 1. The average molecular weight is 259 g/mol. The molecule has 0 aromatic heterocycles. The van der Waals surface area contributed by atoms with Gasteiger partial charge in [-0.15, -0.1) is 0 Å². The predicted molar refractivity (Wildman–Crippen MR) is 65.7 cm³/mol. The lowest BCUT2D eigenvalue weighted by molar-refractivity contribution is 0.0704. The summed E-state index contributed by atoms with van der Waals surface area (Å²) in [6, 6.07) is 4.37. The second kappa shape index (κ2) is 7.16. The fourth-order valence-corrected chi connectivity index (χ4v) is 1.44. The Hall–Kier alpha value is -1.24. The average Bonchev–Trinajstić information content (AvgIpc) is 2.28. The number of aliphatic hydroxyl groups is 1. The molecule has 94 valence electrons. The van der Waals surface area contributed by atoms with Gasteiger partial charge in [-0.05, 0) is 12.1 Å². The maximum absolute atomic E-state index is 13.4. The molecule has 0 saturated heterocycles. The van der Waals surface area contributed by atoms with E-state index in [2.05, 4.69) is 0 Å². The number of hydrogen-bond acceptors (Lipinski definition) is 4. The Morgan fingerprint density at radius 1 is 1.35 bits per heavy atom. The van der Waals surface area contributed by atoms with E-state index in [1.807, 2.05) is 0 Å². The van der Waals surface area contributed by atoms with E-state index >= 15 is 0 Å². The van der Waals surface area contributed by atoms with Crippen LogP contribution in [-0.2, 0) is 4.74 Å². The monoisotopic (exact) mass is 259 g/mol. The van der Waals surface area contributed by atoms with Gasteiger partial charge in [0.25, 0.3) is 0 Å². The third-order valence-electron chi connectivity index (χ3n) is 1.94. The summed E-state index contributed by atoms with van der Waals surface area (Å²) in [5, 5.41) is 8.49. The molecule has 0 saturated carbocycles. The lowest BCUT2D eigenvalue weighted by atomic mass is 10.2. The molecule has 3 N–H and O–H groups in total. The van der Waals surface area contributed by atoms with E-state index < -0.39 is 5.82 Å². The fraction of sp³-hybridized carbons (Fsp3) is 0.364. The summed E-state index contributed by atoms with van der Waals surface area (Å²) >= 11 is 4.75. The molecular formula is C11H14FNO3S. The van der Waals surface area contributed by atoms with Crippen LogP contribution in [0.1, 0.15) is 5.56 Å². The number of halogens is 1. The SMILES string of the molecule is NC(=S)c1c(F)cccc1OCCOCCO. The zero-order chi connectivity index (χ0) is 12.7. The van der Waals surface area contributed by atoms with Crippen molar-refractivity contribution in [1.29, 1.82) is 0 Å². The van der Waals surface area contributed by atoms with Gasteiger partial charge in [-0.3, -0.25) is 0 Å². The number of aliphatic hydroxyl groups excluding tert-OH is 1. The third kappa shape index (κ3) is 4.26. The van der Waals surface area contributed by atoms with Crippen LogP contribution in [0.3, 0.4) is 0 Å². The summed E-state index contributed by atoms with van der Waals surface area (Å²) in [7, 11) is 0. The first kappa shape index (κ1) is 13.8. The topological polar surface area (TPSA) is 64.7 Å². The fourth-order valence-electron chi connectivity index (χ4n) is 1.24. The molecule has 0 aliphatic heterocycles. The normalized spacial score (nSPS) is 10.2. The Kier molecular flexibility index (Phi) is 5.82. The summed E-state index contributed by atoms with van der Waals surface area (Å²) in [6.07, 6.45) is 0. The minimum atomic E-state index is -0.508. The van der Waals surface area contributed by atoms with Crippen LogP contribution in [0.2, 0.25) is 0 Å². The van der Waals surface area contributed by atoms with Crippen molar-refractivity contribution < 1.29 is 19.0 Å². The van der Waals surface area contributed by atoms with E-state index in [1.54, 1.807) is 6.07 Å². The van der Waals surface area contributed by atoms with Crippen molar-refractivity contribution in [1.82, 2.24) is 0 Å². The van der Waals surface area contributed by atoms with Gasteiger partial charge < -0.3 is 20.3 Å². The molecule has 1 aromatic rings. The van der Waals surface area contributed by atoms with Gasteiger partial charge in [0.1, 0.15) is 23.2 Å². The highest BCUT2D eigenvalue weighted by atomic mass is 32.1. The molecular weight excluding hydrogens is 245 g/mol. The van der Waals surface area contributed by atoms with Crippen molar-refractivity contribution in [3.8, 4) is 5.75 Å². The van der Waals surface area contributed by atoms with Crippen LogP contribution in [0.15, 0.2) is 18.2 Å². The quantitative estimate of drug-likeness (QED) is 0.561. The molecule has 0 amide bonds. The summed E-state index contributed by atoms with van der Waals surface area (Å²) in [4.78, 5) is -0.0469. The first-order chi connectivity index (χ1) is 8.16. The zero-order valence-corrected chi connectivity index (χ0v) is 10.0. The van der Waals surface area contributed by atoms with Crippen LogP contribution in [0.25, 0.3) is 0 Å². The molecule has 0 aliphatic carbocycles. The Balaban J connectivity index is 2.58. The molecule has 17 heavy (non-hydrogen) atoms. The van der Waals surface area contributed by atoms with Crippen molar-refractivity contribution >= 4 is 17.2 Å². The second-order valence-corrected chi connectivity index (χ2v) is 3.60. The Morgan fingerprint density at radius 2 is 2.12 bits per heavy atom. The molecule has 0 atom stereocenters. The molecule has 0 spiro atoms. The van der Waals surface area contributed by atoms with E-state index in [1.165, 1.54) is 12.1 Å². The van der Waals surface area contributed by atoms with E-state index in [4.69, 9.17) is 32.5 Å². The van der Waals surface area contributed by atoms with E-state index in [-0.39, 0.29) is 30.4 Å². The summed E-state index contributed by atoms with van der Waals surface area (Å²) < 4.78 is 23.7. The number of rotatable bonds is 7. The third-order valence-corrected chi connectivity index (χ3v) is 2.15. The molecule has 0 radical (unpaired) electrons. The zero-order valence-electron chi connectivity index (χ0n) is 9.19. The molecule has 4 nitrogen and oxygen atoms in total. The van der Waals surface area contributed by atoms with Gasteiger partial charge in [0.15, 0.2) is 0 Å². The number of thiocarbonyl (C=S) groups is 1. The highest BCUT2D eigenvalue weighted by Crippen LogP contribution is 2.21. The smallest absolute Gasteiger partial charge is 0.137 e. The number of hydrogen-bond donors (Lipinski definition) is 2. The lowest BCUT2D eigenvalue weighted by Crippen LogP contribution is -2.16. The molecule has 0 heterocycles. The summed E-state index contributed by atoms with van der Waals surface area (Å²) in [5.41, 5.74) is 5.52. The van der Waals surface area contributed by atoms with Crippen molar-refractivity contribution in [3.63, 3.8) is 0 Å². The Morgan fingerprint density at radius 3 is 2.76 bits per heavy atom. The Labute approximate surface area is 104 Å². The van der Waals surface area contributed by atoms with E-state index in [9.17, 15) is 4.39 Å². The molecule has 1 aromatic carbocycles. The first-order valence-electron chi connectivity index (χ1n) is 5.06. The van der Waals surface area contributed by atoms with Crippen molar-refractivity contribution in [2.75, 3.05) is 26.4 Å². The van der Waals surface area contributed by atoms with Crippen molar-refractivity contribution in [2.24, 2.45) is 5.73 Å². The van der Waals surface area contributed by atoms with Crippen LogP contribution < -0.4 is 10.5 Å². The minimum Gasteiger partial charge on any atom is -0.490 e. The molecule has 0 aliphatic rings. The van der Waals surface area contributed by atoms with Gasteiger partial charge in [0.05, 0.1) is 25.4 Å².